The predicted molar refractivity (Wildman–Crippen MR) is 122 cm³/mol. The van der Waals surface area contributed by atoms with Crippen LogP contribution in [-0.4, -0.2) is 45.5 Å². The number of thiophene rings is 1. The third-order valence-electron chi connectivity index (χ3n) is 5.35. The quantitative estimate of drug-likeness (QED) is 0.577. The van der Waals surface area contributed by atoms with Gasteiger partial charge in [-0.1, -0.05) is 18.2 Å². The van der Waals surface area contributed by atoms with Gasteiger partial charge in [0.25, 0.3) is 5.91 Å². The number of hydrogen-bond donors (Lipinski definition) is 2. The maximum absolute atomic E-state index is 12.7. The van der Waals surface area contributed by atoms with Crippen LogP contribution in [0.4, 0.5) is 5.69 Å². The second kappa shape index (κ2) is 10.2. The molecule has 0 bridgehead atoms. The van der Waals surface area contributed by atoms with Crippen molar-refractivity contribution in [3.63, 3.8) is 0 Å². The van der Waals surface area contributed by atoms with Crippen LogP contribution in [0.3, 0.4) is 0 Å². The molecular weight excluding hydrogens is 426 g/mol. The largest absolute Gasteiger partial charge is 0.352 e. The molecule has 32 heavy (non-hydrogen) atoms. The summed E-state index contributed by atoms with van der Waals surface area (Å²) in [6.45, 7) is 1.61. The van der Waals surface area contributed by atoms with E-state index in [-0.39, 0.29) is 30.2 Å². The van der Waals surface area contributed by atoms with Crippen molar-refractivity contribution in [2.75, 3.05) is 18.4 Å². The van der Waals surface area contributed by atoms with E-state index in [1.54, 1.807) is 28.0 Å². The number of anilines is 1. The second-order valence-corrected chi connectivity index (χ2v) is 8.69. The summed E-state index contributed by atoms with van der Waals surface area (Å²) in [6.07, 6.45) is 4.93. The first kappa shape index (κ1) is 21.8. The number of likely N-dealkylation sites (tertiary alicyclic amines) is 1. The Morgan fingerprint density at radius 3 is 2.84 bits per heavy atom. The van der Waals surface area contributed by atoms with Gasteiger partial charge in [0.05, 0.1) is 10.8 Å². The zero-order chi connectivity index (χ0) is 22.3. The van der Waals surface area contributed by atoms with Crippen LogP contribution in [-0.2, 0) is 22.7 Å². The molecule has 166 valence electrons. The van der Waals surface area contributed by atoms with E-state index >= 15 is 0 Å². The van der Waals surface area contributed by atoms with Crippen LogP contribution in [0.1, 0.15) is 28.1 Å². The van der Waals surface area contributed by atoms with E-state index in [1.807, 2.05) is 41.8 Å². The van der Waals surface area contributed by atoms with E-state index in [1.165, 1.54) is 11.3 Å². The van der Waals surface area contributed by atoms with Crippen molar-refractivity contribution in [3.8, 4) is 0 Å². The Morgan fingerprint density at radius 2 is 2.06 bits per heavy atom. The smallest absolute Gasteiger partial charge is 0.263 e. The molecule has 2 N–H and O–H groups in total. The molecule has 4 rings (SSSR count). The lowest BCUT2D eigenvalue weighted by Crippen LogP contribution is -2.45. The van der Waals surface area contributed by atoms with E-state index in [2.05, 4.69) is 15.7 Å². The number of amides is 3. The summed E-state index contributed by atoms with van der Waals surface area (Å²) in [4.78, 5) is 40.0. The van der Waals surface area contributed by atoms with Crippen LogP contribution in [0.5, 0.6) is 0 Å². The number of carbonyl (C=O) groups is 3. The Morgan fingerprint density at radius 1 is 1.16 bits per heavy atom. The molecule has 1 aromatic carbocycles. The van der Waals surface area contributed by atoms with Crippen molar-refractivity contribution in [2.24, 2.45) is 5.92 Å². The van der Waals surface area contributed by atoms with Gasteiger partial charge in [-0.3, -0.25) is 19.1 Å². The highest BCUT2D eigenvalue weighted by atomic mass is 32.1. The highest BCUT2D eigenvalue weighted by Crippen LogP contribution is 2.21. The van der Waals surface area contributed by atoms with E-state index in [0.717, 1.165) is 18.4 Å². The van der Waals surface area contributed by atoms with Crippen molar-refractivity contribution >= 4 is 34.7 Å². The topological polar surface area (TPSA) is 96.3 Å². The fourth-order valence-corrected chi connectivity index (χ4v) is 4.46. The minimum Gasteiger partial charge on any atom is -0.352 e. The first-order valence-electron chi connectivity index (χ1n) is 10.6. The summed E-state index contributed by atoms with van der Waals surface area (Å²) >= 11 is 1.42. The monoisotopic (exact) mass is 451 g/mol. The SMILES string of the molecule is O=C(Cn1cccn1)Nc1cccc(CNC(=O)C2CCCN(C(=O)c3cccs3)C2)c1. The van der Waals surface area contributed by atoms with Crippen molar-refractivity contribution in [1.29, 1.82) is 0 Å². The Kier molecular flexibility index (Phi) is 6.96. The molecule has 1 saturated heterocycles. The summed E-state index contributed by atoms with van der Waals surface area (Å²) in [5.74, 6) is -0.449. The molecule has 3 heterocycles. The number of rotatable bonds is 7. The number of hydrogen-bond acceptors (Lipinski definition) is 5. The van der Waals surface area contributed by atoms with Gasteiger partial charge in [0, 0.05) is 37.7 Å². The van der Waals surface area contributed by atoms with Crippen LogP contribution in [0.15, 0.2) is 60.2 Å². The van der Waals surface area contributed by atoms with Gasteiger partial charge in [-0.2, -0.15) is 5.10 Å². The van der Waals surface area contributed by atoms with E-state index in [4.69, 9.17) is 0 Å². The molecule has 1 fully saturated rings. The lowest BCUT2D eigenvalue weighted by atomic mass is 9.97. The molecule has 3 amide bonds. The molecular formula is C23H25N5O3S. The lowest BCUT2D eigenvalue weighted by Gasteiger charge is -2.31. The number of nitrogens with one attached hydrogen (secondary N) is 2. The average molecular weight is 452 g/mol. The molecule has 9 heteroatoms. The van der Waals surface area contributed by atoms with Crippen LogP contribution < -0.4 is 10.6 Å². The molecule has 1 aliphatic heterocycles. The number of piperidine rings is 1. The van der Waals surface area contributed by atoms with E-state index in [0.29, 0.717) is 30.2 Å². The van der Waals surface area contributed by atoms with Crippen LogP contribution in [0.25, 0.3) is 0 Å². The van der Waals surface area contributed by atoms with Gasteiger partial charge in [0.1, 0.15) is 6.54 Å². The summed E-state index contributed by atoms with van der Waals surface area (Å²) in [5.41, 5.74) is 1.55. The number of aromatic nitrogens is 2. The fraction of sp³-hybridized carbons (Fsp3) is 0.304. The molecule has 1 atom stereocenters. The van der Waals surface area contributed by atoms with Crippen molar-refractivity contribution < 1.29 is 14.4 Å². The molecule has 0 saturated carbocycles. The standard InChI is InChI=1S/C23H25N5O3S/c29-21(16-28-11-4-9-25-28)26-19-7-1-5-17(13-19)14-24-22(30)18-6-2-10-27(15-18)23(31)20-8-3-12-32-20/h1,3-5,7-9,11-13,18H,2,6,10,14-16H2,(H,24,30)(H,26,29). The molecule has 3 aromatic rings. The van der Waals surface area contributed by atoms with E-state index in [9.17, 15) is 14.4 Å². The number of nitrogens with zero attached hydrogens (tertiary/aromatic N) is 3. The Labute approximate surface area is 190 Å². The van der Waals surface area contributed by atoms with Gasteiger partial charge in [-0.05, 0) is 48.1 Å². The van der Waals surface area contributed by atoms with Gasteiger partial charge in [0.15, 0.2) is 0 Å². The minimum absolute atomic E-state index is 0.00365. The summed E-state index contributed by atoms with van der Waals surface area (Å²) in [5, 5.41) is 11.7. The lowest BCUT2D eigenvalue weighted by molar-refractivity contribution is -0.126. The highest BCUT2D eigenvalue weighted by Gasteiger charge is 2.29. The van der Waals surface area contributed by atoms with Gasteiger partial charge in [-0.25, -0.2) is 0 Å². The molecule has 8 nitrogen and oxygen atoms in total. The molecule has 0 radical (unpaired) electrons. The summed E-state index contributed by atoms with van der Waals surface area (Å²) < 4.78 is 1.55. The molecule has 0 aliphatic carbocycles. The minimum atomic E-state index is -0.218. The average Bonchev–Trinajstić information content (AvgIpc) is 3.52. The fourth-order valence-electron chi connectivity index (χ4n) is 3.77. The van der Waals surface area contributed by atoms with Crippen molar-refractivity contribution in [2.45, 2.75) is 25.9 Å². The third-order valence-corrected chi connectivity index (χ3v) is 6.21. The molecule has 1 aliphatic rings. The van der Waals surface area contributed by atoms with Crippen molar-refractivity contribution in [3.05, 3.63) is 70.7 Å². The summed E-state index contributed by atoms with van der Waals surface area (Å²) in [7, 11) is 0. The Hall–Kier alpha value is -3.46. The summed E-state index contributed by atoms with van der Waals surface area (Å²) in [6, 6.07) is 12.8. The first-order valence-corrected chi connectivity index (χ1v) is 11.4. The van der Waals surface area contributed by atoms with Gasteiger partial charge >= 0.3 is 0 Å². The van der Waals surface area contributed by atoms with Crippen LogP contribution in [0.2, 0.25) is 0 Å². The molecule has 2 aromatic heterocycles. The van der Waals surface area contributed by atoms with Gasteiger partial charge in [0.2, 0.25) is 11.8 Å². The number of benzene rings is 1. The van der Waals surface area contributed by atoms with Crippen LogP contribution >= 0.6 is 11.3 Å². The van der Waals surface area contributed by atoms with Crippen LogP contribution in [0, 0.1) is 5.92 Å². The van der Waals surface area contributed by atoms with Gasteiger partial charge in [-0.15, -0.1) is 11.3 Å². The van der Waals surface area contributed by atoms with Crippen molar-refractivity contribution in [1.82, 2.24) is 20.0 Å². The normalized spacial score (nSPS) is 15.9. The zero-order valence-electron chi connectivity index (χ0n) is 17.6. The molecule has 1 unspecified atom stereocenters. The predicted octanol–water partition coefficient (Wildman–Crippen LogP) is 2.75. The number of carbonyl (C=O) groups excluding carboxylic acids is 3. The Bertz CT molecular complexity index is 1070. The maximum Gasteiger partial charge on any atom is 0.263 e. The zero-order valence-corrected chi connectivity index (χ0v) is 18.4. The second-order valence-electron chi connectivity index (χ2n) is 7.74. The maximum atomic E-state index is 12.7. The first-order chi connectivity index (χ1) is 15.6. The Balaban J connectivity index is 1.28. The highest BCUT2D eigenvalue weighted by molar-refractivity contribution is 7.12. The molecule has 0 spiro atoms. The van der Waals surface area contributed by atoms with E-state index < -0.39 is 0 Å². The van der Waals surface area contributed by atoms with Gasteiger partial charge < -0.3 is 15.5 Å². The third kappa shape index (κ3) is 5.61.